The van der Waals surface area contributed by atoms with Crippen molar-refractivity contribution >= 4 is 43.6 Å². The Hall–Kier alpha value is -8.98. The van der Waals surface area contributed by atoms with Gasteiger partial charge in [-0.05, 0) is 110 Å². The number of benzene rings is 11. The van der Waals surface area contributed by atoms with E-state index in [9.17, 15) is 0 Å². The van der Waals surface area contributed by atoms with Gasteiger partial charge in [0.25, 0.3) is 0 Å². The normalized spacial score (nSPS) is 11.5. The molecule has 0 spiro atoms. The molecule has 2 heterocycles. The van der Waals surface area contributed by atoms with E-state index in [-0.39, 0.29) is 0 Å². The van der Waals surface area contributed by atoms with Crippen molar-refractivity contribution in [2.45, 2.75) is 0 Å². The Labute approximate surface area is 395 Å². The van der Waals surface area contributed by atoms with Crippen molar-refractivity contribution in [3.05, 3.63) is 267 Å². The summed E-state index contributed by atoms with van der Waals surface area (Å²) < 4.78 is 4.99. The summed E-state index contributed by atoms with van der Waals surface area (Å²) in [6, 6.07) is 97.6. The van der Waals surface area contributed by atoms with Crippen LogP contribution >= 0.6 is 0 Å². The van der Waals surface area contributed by atoms with Gasteiger partial charge in [-0.3, -0.25) is 0 Å². The molecule has 0 fully saturated rings. The molecule has 2 nitrogen and oxygen atoms in total. The highest BCUT2D eigenvalue weighted by molar-refractivity contribution is 6.16. The number of hydrogen-bond donors (Lipinski definition) is 0. The smallest absolute Gasteiger partial charge is 0.0619 e. The number of rotatable bonds is 8. The average Bonchev–Trinajstić information content (AvgIpc) is 3.95. The Balaban J connectivity index is 1.04. The van der Waals surface area contributed by atoms with Gasteiger partial charge in [0.2, 0.25) is 0 Å². The highest BCUT2D eigenvalue weighted by Crippen LogP contribution is 2.44. The van der Waals surface area contributed by atoms with Gasteiger partial charge < -0.3 is 9.13 Å². The van der Waals surface area contributed by atoms with E-state index in [1.165, 1.54) is 99.2 Å². The second-order valence-corrected chi connectivity index (χ2v) is 17.7. The van der Waals surface area contributed by atoms with E-state index in [2.05, 4.69) is 276 Å². The molecule has 0 aliphatic rings. The minimum absolute atomic E-state index is 1.13. The Morgan fingerprint density at radius 1 is 0.191 bits per heavy atom. The van der Waals surface area contributed by atoms with E-state index in [4.69, 9.17) is 0 Å². The van der Waals surface area contributed by atoms with Crippen LogP contribution in [-0.2, 0) is 0 Å². The van der Waals surface area contributed by atoms with E-state index in [0.29, 0.717) is 0 Å². The summed E-state index contributed by atoms with van der Waals surface area (Å²) >= 11 is 0. The van der Waals surface area contributed by atoms with Crippen molar-refractivity contribution in [1.29, 1.82) is 0 Å². The molecule has 0 N–H and O–H groups in total. The summed E-state index contributed by atoms with van der Waals surface area (Å²) in [5.41, 5.74) is 21.2. The largest absolute Gasteiger partial charge is 0.309 e. The van der Waals surface area contributed by atoms with Gasteiger partial charge in [0, 0.05) is 44.0 Å². The minimum atomic E-state index is 1.13. The van der Waals surface area contributed by atoms with Crippen LogP contribution < -0.4 is 0 Å². The monoisotopic (exact) mass is 864 g/mol. The van der Waals surface area contributed by atoms with E-state index in [0.717, 1.165) is 22.5 Å². The first-order valence-electron chi connectivity index (χ1n) is 23.4. The molecule has 0 amide bonds. The molecule has 0 unspecified atom stereocenters. The molecule has 0 aliphatic heterocycles. The molecule has 11 aromatic carbocycles. The highest BCUT2D eigenvalue weighted by Gasteiger charge is 2.21. The zero-order chi connectivity index (χ0) is 45.0. The Kier molecular flexibility index (Phi) is 9.54. The lowest BCUT2D eigenvalue weighted by Gasteiger charge is -2.17. The predicted octanol–water partition coefficient (Wildman–Crippen LogP) is 17.9. The molecular formula is C66H44N2. The summed E-state index contributed by atoms with van der Waals surface area (Å²) in [7, 11) is 0. The lowest BCUT2D eigenvalue weighted by Crippen LogP contribution is -1.98. The van der Waals surface area contributed by atoms with Crippen LogP contribution in [0.2, 0.25) is 0 Å². The Morgan fingerprint density at radius 3 is 0.838 bits per heavy atom. The molecule has 68 heavy (non-hydrogen) atoms. The lowest BCUT2D eigenvalue weighted by atomic mass is 9.95. The van der Waals surface area contributed by atoms with Crippen LogP contribution in [0, 0.1) is 0 Å². The van der Waals surface area contributed by atoms with Gasteiger partial charge in [-0.1, -0.05) is 212 Å². The van der Waals surface area contributed by atoms with Crippen molar-refractivity contribution in [1.82, 2.24) is 9.13 Å². The zero-order valence-electron chi connectivity index (χ0n) is 37.3. The van der Waals surface area contributed by atoms with Crippen LogP contribution in [0.5, 0.6) is 0 Å². The topological polar surface area (TPSA) is 9.86 Å². The summed E-state index contributed by atoms with van der Waals surface area (Å²) in [6.07, 6.45) is 0. The van der Waals surface area contributed by atoms with Crippen LogP contribution in [0.25, 0.3) is 122 Å². The fourth-order valence-electron chi connectivity index (χ4n) is 10.6. The molecule has 2 aromatic heterocycles. The number of aromatic nitrogens is 2. The van der Waals surface area contributed by atoms with Crippen molar-refractivity contribution < 1.29 is 0 Å². The SMILES string of the molecule is c1ccc(-c2cc(-c3ccccc3)cc(-n3c4ccccc4c4cccc(-c5cccc(-c6cccc7c8ccccc8n(-c8cc(-c9ccccc9)cc(-c9ccccc9)c8)c67)c5)c43)c2)cc1. The number of fused-ring (bicyclic) bond motifs is 6. The maximum absolute atomic E-state index is 2.49. The second kappa shape index (κ2) is 16.5. The first-order chi connectivity index (χ1) is 33.7. The number of hydrogen-bond acceptors (Lipinski definition) is 0. The summed E-state index contributed by atoms with van der Waals surface area (Å²) in [4.78, 5) is 0. The first-order valence-corrected chi connectivity index (χ1v) is 23.4. The fourth-order valence-corrected chi connectivity index (χ4v) is 10.6. The summed E-state index contributed by atoms with van der Waals surface area (Å²) in [6.45, 7) is 0. The van der Waals surface area contributed by atoms with Crippen molar-refractivity contribution in [2.75, 3.05) is 0 Å². The predicted molar refractivity (Wildman–Crippen MR) is 288 cm³/mol. The highest BCUT2D eigenvalue weighted by atomic mass is 15.0. The molecule has 13 rings (SSSR count). The molecule has 318 valence electrons. The van der Waals surface area contributed by atoms with Crippen molar-refractivity contribution in [3.8, 4) is 78.1 Å². The van der Waals surface area contributed by atoms with Gasteiger partial charge in [-0.25, -0.2) is 0 Å². The molecule has 0 saturated heterocycles. The van der Waals surface area contributed by atoms with E-state index < -0.39 is 0 Å². The zero-order valence-corrected chi connectivity index (χ0v) is 37.3. The van der Waals surface area contributed by atoms with Gasteiger partial charge in [-0.2, -0.15) is 0 Å². The maximum atomic E-state index is 2.49. The minimum Gasteiger partial charge on any atom is -0.309 e. The number of nitrogens with zero attached hydrogens (tertiary/aromatic N) is 2. The summed E-state index contributed by atoms with van der Waals surface area (Å²) in [5.74, 6) is 0. The number of para-hydroxylation sites is 4. The van der Waals surface area contributed by atoms with Crippen LogP contribution in [0.15, 0.2) is 267 Å². The van der Waals surface area contributed by atoms with Crippen LogP contribution in [0.3, 0.4) is 0 Å². The summed E-state index contributed by atoms with van der Waals surface area (Å²) in [5, 5.41) is 4.91. The third kappa shape index (κ3) is 6.73. The van der Waals surface area contributed by atoms with Crippen LogP contribution in [0.1, 0.15) is 0 Å². The van der Waals surface area contributed by atoms with Gasteiger partial charge in [0.1, 0.15) is 0 Å². The maximum Gasteiger partial charge on any atom is 0.0619 e. The first kappa shape index (κ1) is 39.4. The quantitative estimate of drug-likeness (QED) is 0.144. The Bertz CT molecular complexity index is 3620. The molecular weight excluding hydrogens is 821 g/mol. The molecule has 0 saturated carbocycles. The van der Waals surface area contributed by atoms with E-state index >= 15 is 0 Å². The molecule has 13 aromatic rings. The molecule has 0 aliphatic carbocycles. The van der Waals surface area contributed by atoms with Gasteiger partial charge in [0.15, 0.2) is 0 Å². The standard InChI is InChI=1S/C66H44N2/c1-5-20-45(21-6-1)51-39-52(46-22-7-2-8-23-46)42-55(41-51)67-63-36-15-13-30-59(63)61-34-18-32-57(65(61)67)49-28-17-29-50(38-49)58-33-19-35-62-60-31-14-16-37-64(60)68(66(58)62)56-43-53(47-24-9-3-10-25-47)40-54(44-56)48-26-11-4-12-27-48/h1-44H. The van der Waals surface area contributed by atoms with Gasteiger partial charge in [0.05, 0.1) is 22.1 Å². The second-order valence-electron chi connectivity index (χ2n) is 17.7. The average molecular weight is 865 g/mol. The molecule has 0 bridgehead atoms. The van der Waals surface area contributed by atoms with E-state index in [1.807, 2.05) is 0 Å². The third-order valence-electron chi connectivity index (χ3n) is 13.7. The molecule has 0 radical (unpaired) electrons. The molecule has 2 heteroatoms. The van der Waals surface area contributed by atoms with Crippen molar-refractivity contribution in [3.63, 3.8) is 0 Å². The molecule has 0 atom stereocenters. The Morgan fingerprint density at radius 2 is 0.471 bits per heavy atom. The third-order valence-corrected chi connectivity index (χ3v) is 13.7. The van der Waals surface area contributed by atoms with Crippen LogP contribution in [0.4, 0.5) is 0 Å². The fraction of sp³-hybridized carbons (Fsp3) is 0. The lowest BCUT2D eigenvalue weighted by molar-refractivity contribution is 1.18. The van der Waals surface area contributed by atoms with Gasteiger partial charge in [-0.15, -0.1) is 0 Å². The van der Waals surface area contributed by atoms with Crippen molar-refractivity contribution in [2.24, 2.45) is 0 Å². The van der Waals surface area contributed by atoms with Gasteiger partial charge >= 0.3 is 0 Å². The van der Waals surface area contributed by atoms with Crippen LogP contribution in [-0.4, -0.2) is 9.13 Å². The van der Waals surface area contributed by atoms with E-state index in [1.54, 1.807) is 0 Å².